The van der Waals surface area contributed by atoms with Crippen LogP contribution in [0.5, 0.6) is 11.5 Å². The van der Waals surface area contributed by atoms with Gasteiger partial charge in [0.1, 0.15) is 13.2 Å². The average Bonchev–Trinajstić information content (AvgIpc) is 3.32. The van der Waals surface area contributed by atoms with Crippen LogP contribution in [0.2, 0.25) is 0 Å². The molecule has 5 heteroatoms. The quantitative estimate of drug-likeness (QED) is 0.842. The van der Waals surface area contributed by atoms with Gasteiger partial charge in [-0.15, -0.1) is 0 Å². The molecular formula is C19H19NO3S. The lowest BCUT2D eigenvalue weighted by atomic mass is 10.0. The van der Waals surface area contributed by atoms with Crippen molar-refractivity contribution in [1.82, 2.24) is 5.32 Å². The summed E-state index contributed by atoms with van der Waals surface area (Å²) in [6, 6.07) is 7.99. The van der Waals surface area contributed by atoms with Gasteiger partial charge in [-0.1, -0.05) is 6.07 Å². The summed E-state index contributed by atoms with van der Waals surface area (Å²) >= 11 is 1.62. The first kappa shape index (κ1) is 15.3. The zero-order chi connectivity index (χ0) is 16.4. The van der Waals surface area contributed by atoms with Crippen LogP contribution in [0.1, 0.15) is 30.0 Å². The summed E-state index contributed by atoms with van der Waals surface area (Å²) in [6.07, 6.45) is 5.75. The van der Waals surface area contributed by atoms with E-state index >= 15 is 0 Å². The Bertz CT molecular complexity index is 750. The zero-order valence-corrected chi connectivity index (χ0v) is 14.1. The van der Waals surface area contributed by atoms with E-state index in [2.05, 4.69) is 5.32 Å². The number of carbonyl (C=O) groups is 1. The third kappa shape index (κ3) is 3.46. The molecule has 4 nitrogen and oxygen atoms in total. The number of hydrogen-bond donors (Lipinski definition) is 1. The van der Waals surface area contributed by atoms with Gasteiger partial charge in [-0.25, -0.2) is 0 Å². The standard InChI is InChI=1S/C19H19NO3S/c21-18(6-1-13-7-10-24-12-13)20-19(14-2-3-14)15-4-5-16-17(11-15)23-9-8-22-16/h1,4-7,10-12,14,19H,2-3,8-9H2,(H,20,21)/b6-1+. The third-order valence-corrected chi connectivity index (χ3v) is 4.99. The molecule has 2 aliphatic rings. The molecule has 0 saturated heterocycles. The van der Waals surface area contributed by atoms with E-state index in [-0.39, 0.29) is 11.9 Å². The minimum atomic E-state index is -0.0620. The fourth-order valence-corrected chi connectivity index (χ4v) is 3.53. The van der Waals surface area contributed by atoms with Crippen LogP contribution in [0.25, 0.3) is 6.08 Å². The lowest BCUT2D eigenvalue weighted by Gasteiger charge is -2.22. The maximum Gasteiger partial charge on any atom is 0.244 e. The SMILES string of the molecule is O=C(/C=C/c1ccsc1)NC(c1ccc2c(c1)OCCO2)C1CC1. The second kappa shape index (κ2) is 6.69. The zero-order valence-electron chi connectivity index (χ0n) is 13.2. The molecule has 1 aromatic heterocycles. The van der Waals surface area contributed by atoms with Crippen LogP contribution in [-0.2, 0) is 4.79 Å². The summed E-state index contributed by atoms with van der Waals surface area (Å²) in [5.41, 5.74) is 2.14. The van der Waals surface area contributed by atoms with Gasteiger partial charge in [0.15, 0.2) is 11.5 Å². The summed E-state index contributed by atoms with van der Waals surface area (Å²) in [5.74, 6) is 2.00. The number of hydrogen-bond acceptors (Lipinski definition) is 4. The molecule has 0 bridgehead atoms. The van der Waals surface area contributed by atoms with Crippen molar-refractivity contribution in [2.24, 2.45) is 5.92 Å². The van der Waals surface area contributed by atoms with Crippen LogP contribution in [0, 0.1) is 5.92 Å². The topological polar surface area (TPSA) is 47.6 Å². The summed E-state index contributed by atoms with van der Waals surface area (Å²) < 4.78 is 11.2. The fraction of sp³-hybridized carbons (Fsp3) is 0.316. The van der Waals surface area contributed by atoms with E-state index in [0.29, 0.717) is 19.1 Å². The predicted molar refractivity (Wildman–Crippen MR) is 94.4 cm³/mol. The smallest absolute Gasteiger partial charge is 0.244 e. The Hall–Kier alpha value is -2.27. The Kier molecular flexibility index (Phi) is 4.26. The maximum atomic E-state index is 12.3. The summed E-state index contributed by atoms with van der Waals surface area (Å²) in [4.78, 5) is 12.3. The van der Waals surface area contributed by atoms with E-state index in [9.17, 15) is 4.79 Å². The van der Waals surface area contributed by atoms with E-state index in [1.807, 2.05) is 41.1 Å². The first-order valence-electron chi connectivity index (χ1n) is 8.20. The van der Waals surface area contributed by atoms with Crippen molar-refractivity contribution in [2.45, 2.75) is 18.9 Å². The van der Waals surface area contributed by atoms with Crippen LogP contribution in [0.15, 0.2) is 41.1 Å². The van der Waals surface area contributed by atoms with Gasteiger partial charge in [-0.3, -0.25) is 4.79 Å². The fourth-order valence-electron chi connectivity index (χ4n) is 2.90. The van der Waals surface area contributed by atoms with E-state index in [1.165, 1.54) is 0 Å². The van der Waals surface area contributed by atoms with Gasteiger partial charge in [-0.2, -0.15) is 11.3 Å². The van der Waals surface area contributed by atoms with Crippen molar-refractivity contribution in [1.29, 1.82) is 0 Å². The van der Waals surface area contributed by atoms with Crippen molar-refractivity contribution >= 4 is 23.3 Å². The molecule has 1 aromatic carbocycles. The minimum Gasteiger partial charge on any atom is -0.486 e. The molecule has 2 heterocycles. The van der Waals surface area contributed by atoms with E-state index in [0.717, 1.165) is 35.5 Å². The summed E-state index contributed by atoms with van der Waals surface area (Å²) in [6.45, 7) is 1.16. The molecule has 1 aliphatic heterocycles. The van der Waals surface area contributed by atoms with Crippen LogP contribution in [0.3, 0.4) is 0 Å². The molecule has 1 aliphatic carbocycles. The van der Waals surface area contributed by atoms with Crippen LogP contribution in [0.4, 0.5) is 0 Å². The number of ether oxygens (including phenoxy) is 2. The van der Waals surface area contributed by atoms with Crippen molar-refractivity contribution in [2.75, 3.05) is 13.2 Å². The lowest BCUT2D eigenvalue weighted by molar-refractivity contribution is -0.117. The lowest BCUT2D eigenvalue weighted by Crippen LogP contribution is -2.28. The van der Waals surface area contributed by atoms with Gasteiger partial charge in [0, 0.05) is 6.08 Å². The molecule has 4 rings (SSSR count). The number of nitrogens with one attached hydrogen (secondary N) is 1. The van der Waals surface area contributed by atoms with Crippen molar-refractivity contribution in [3.63, 3.8) is 0 Å². The van der Waals surface area contributed by atoms with Gasteiger partial charge in [0.05, 0.1) is 6.04 Å². The monoisotopic (exact) mass is 341 g/mol. The summed E-state index contributed by atoms with van der Waals surface area (Å²) in [7, 11) is 0. The van der Waals surface area contributed by atoms with E-state index < -0.39 is 0 Å². The highest BCUT2D eigenvalue weighted by Crippen LogP contribution is 2.43. The predicted octanol–water partition coefficient (Wildman–Crippen LogP) is 3.80. The summed E-state index contributed by atoms with van der Waals surface area (Å²) in [5, 5.41) is 7.16. The number of amides is 1. The number of fused-ring (bicyclic) bond motifs is 1. The van der Waals surface area contributed by atoms with Crippen molar-refractivity contribution in [3.05, 3.63) is 52.2 Å². The maximum absolute atomic E-state index is 12.3. The second-order valence-electron chi connectivity index (χ2n) is 6.12. The number of thiophene rings is 1. The first-order valence-corrected chi connectivity index (χ1v) is 9.14. The molecule has 24 heavy (non-hydrogen) atoms. The highest BCUT2D eigenvalue weighted by atomic mass is 32.1. The first-order chi connectivity index (χ1) is 11.8. The average molecular weight is 341 g/mol. The van der Waals surface area contributed by atoms with Gasteiger partial charge in [0.25, 0.3) is 0 Å². The number of carbonyl (C=O) groups excluding carboxylic acids is 1. The van der Waals surface area contributed by atoms with Gasteiger partial charge < -0.3 is 14.8 Å². The molecule has 1 N–H and O–H groups in total. The molecule has 0 radical (unpaired) electrons. The van der Waals surface area contributed by atoms with Crippen LogP contribution in [-0.4, -0.2) is 19.1 Å². The molecule has 1 amide bonds. The van der Waals surface area contributed by atoms with Gasteiger partial charge in [0.2, 0.25) is 5.91 Å². The van der Waals surface area contributed by atoms with Crippen molar-refractivity contribution < 1.29 is 14.3 Å². The highest BCUT2D eigenvalue weighted by Gasteiger charge is 2.33. The second-order valence-corrected chi connectivity index (χ2v) is 6.90. The largest absolute Gasteiger partial charge is 0.486 e. The highest BCUT2D eigenvalue weighted by molar-refractivity contribution is 7.08. The Labute approximate surface area is 145 Å². The molecular weight excluding hydrogens is 322 g/mol. The number of benzene rings is 1. The van der Waals surface area contributed by atoms with Crippen molar-refractivity contribution in [3.8, 4) is 11.5 Å². The Morgan fingerprint density at radius 1 is 1.21 bits per heavy atom. The molecule has 1 saturated carbocycles. The molecule has 0 spiro atoms. The molecule has 124 valence electrons. The Balaban J connectivity index is 1.49. The van der Waals surface area contributed by atoms with E-state index in [1.54, 1.807) is 17.4 Å². The van der Waals surface area contributed by atoms with Gasteiger partial charge in [-0.05, 0) is 64.9 Å². The van der Waals surface area contributed by atoms with Crippen LogP contribution >= 0.6 is 11.3 Å². The Morgan fingerprint density at radius 3 is 2.79 bits per heavy atom. The molecule has 1 fully saturated rings. The molecule has 1 unspecified atom stereocenters. The molecule has 1 atom stereocenters. The van der Waals surface area contributed by atoms with Crippen LogP contribution < -0.4 is 14.8 Å². The number of rotatable bonds is 5. The van der Waals surface area contributed by atoms with E-state index in [4.69, 9.17) is 9.47 Å². The molecule has 2 aromatic rings. The minimum absolute atomic E-state index is 0.0282. The third-order valence-electron chi connectivity index (χ3n) is 4.29. The van der Waals surface area contributed by atoms with Gasteiger partial charge >= 0.3 is 0 Å². The Morgan fingerprint density at radius 2 is 2.04 bits per heavy atom. The normalized spacial score (nSPS) is 17.7.